The van der Waals surface area contributed by atoms with Crippen molar-refractivity contribution in [3.05, 3.63) is 46.0 Å². The van der Waals surface area contributed by atoms with Gasteiger partial charge in [-0.15, -0.1) is 0 Å². The number of hydrogen-bond donors (Lipinski definition) is 2. The van der Waals surface area contributed by atoms with Crippen LogP contribution in [0.25, 0.3) is 0 Å². The van der Waals surface area contributed by atoms with Crippen LogP contribution in [0.1, 0.15) is 36.0 Å². The van der Waals surface area contributed by atoms with Crippen LogP contribution in [0.4, 0.5) is 0 Å². The molecule has 0 amide bonds. The summed E-state index contributed by atoms with van der Waals surface area (Å²) >= 11 is 3.49. The number of benzene rings is 1. The first-order valence-corrected chi connectivity index (χ1v) is 7.47. The first-order valence-electron chi connectivity index (χ1n) is 6.67. The number of aromatic nitrogens is 3. The Kier molecular flexibility index (Phi) is 3.94. The minimum absolute atomic E-state index is 0.459. The third-order valence-electron chi connectivity index (χ3n) is 3.47. The second-order valence-corrected chi connectivity index (χ2v) is 5.91. The zero-order chi connectivity index (χ0) is 13.1. The highest BCUT2D eigenvalue weighted by atomic mass is 79.9. The van der Waals surface area contributed by atoms with E-state index < -0.39 is 0 Å². The average Bonchev–Trinajstić information content (AvgIpc) is 2.88. The summed E-state index contributed by atoms with van der Waals surface area (Å²) < 4.78 is 1.10. The Labute approximate surface area is 121 Å². The summed E-state index contributed by atoms with van der Waals surface area (Å²) in [6.07, 6.45) is 3.19. The van der Waals surface area contributed by atoms with Crippen molar-refractivity contribution in [2.75, 3.05) is 13.1 Å². The highest BCUT2D eigenvalue weighted by Gasteiger charge is 2.19. The van der Waals surface area contributed by atoms with Crippen LogP contribution in [-0.2, 0) is 6.42 Å². The topological polar surface area (TPSA) is 53.6 Å². The number of piperidine rings is 1. The van der Waals surface area contributed by atoms with E-state index in [-0.39, 0.29) is 0 Å². The average molecular weight is 321 g/mol. The first-order chi connectivity index (χ1) is 9.31. The quantitative estimate of drug-likeness (QED) is 0.914. The van der Waals surface area contributed by atoms with Gasteiger partial charge < -0.3 is 5.32 Å². The Bertz CT molecular complexity index is 546. The number of rotatable bonds is 3. The van der Waals surface area contributed by atoms with Crippen molar-refractivity contribution in [1.29, 1.82) is 0 Å². The highest BCUT2D eigenvalue weighted by Crippen LogP contribution is 2.20. The van der Waals surface area contributed by atoms with E-state index in [2.05, 4.69) is 48.6 Å². The van der Waals surface area contributed by atoms with E-state index in [4.69, 9.17) is 0 Å². The monoisotopic (exact) mass is 320 g/mol. The van der Waals surface area contributed by atoms with E-state index in [1.807, 2.05) is 12.1 Å². The fourth-order valence-corrected chi connectivity index (χ4v) is 2.93. The van der Waals surface area contributed by atoms with E-state index >= 15 is 0 Å². The summed E-state index contributed by atoms with van der Waals surface area (Å²) in [5, 5.41) is 10.8. The van der Waals surface area contributed by atoms with Gasteiger partial charge in [-0.2, -0.15) is 5.10 Å². The molecule has 3 rings (SSSR count). The maximum atomic E-state index is 4.64. The summed E-state index contributed by atoms with van der Waals surface area (Å²) in [7, 11) is 0. The van der Waals surface area contributed by atoms with Crippen LogP contribution in [0, 0.1) is 0 Å². The molecule has 19 heavy (non-hydrogen) atoms. The van der Waals surface area contributed by atoms with Crippen LogP contribution in [0.5, 0.6) is 0 Å². The lowest BCUT2D eigenvalue weighted by Gasteiger charge is -2.19. The predicted octanol–water partition coefficient (Wildman–Crippen LogP) is 2.62. The zero-order valence-corrected chi connectivity index (χ0v) is 12.3. The van der Waals surface area contributed by atoms with Crippen LogP contribution in [0.3, 0.4) is 0 Å². The maximum absolute atomic E-state index is 4.64. The van der Waals surface area contributed by atoms with Crippen molar-refractivity contribution < 1.29 is 0 Å². The molecule has 0 radical (unpaired) electrons. The molecule has 100 valence electrons. The zero-order valence-electron chi connectivity index (χ0n) is 10.7. The molecular formula is C14H17BrN4. The van der Waals surface area contributed by atoms with E-state index in [1.54, 1.807) is 0 Å². The third kappa shape index (κ3) is 3.22. The van der Waals surface area contributed by atoms with Gasteiger partial charge in [0.25, 0.3) is 0 Å². The van der Waals surface area contributed by atoms with Gasteiger partial charge in [-0.05, 0) is 37.1 Å². The molecule has 0 spiro atoms. The Hall–Kier alpha value is -1.20. The van der Waals surface area contributed by atoms with Crippen molar-refractivity contribution in [3.63, 3.8) is 0 Å². The number of nitrogens with one attached hydrogen (secondary N) is 2. The SMILES string of the molecule is Brc1cccc(Cc2nc(C3CCCNC3)n[nH]2)c1. The van der Waals surface area contributed by atoms with Crippen molar-refractivity contribution in [1.82, 2.24) is 20.5 Å². The predicted molar refractivity (Wildman–Crippen MR) is 78.2 cm³/mol. The molecule has 1 saturated heterocycles. The fraction of sp³-hybridized carbons (Fsp3) is 0.429. The Morgan fingerprint density at radius 2 is 2.32 bits per heavy atom. The van der Waals surface area contributed by atoms with Gasteiger partial charge in [0.05, 0.1) is 0 Å². The molecule has 1 atom stereocenters. The second-order valence-electron chi connectivity index (χ2n) is 4.99. The largest absolute Gasteiger partial charge is 0.316 e. The lowest BCUT2D eigenvalue weighted by atomic mass is 9.99. The maximum Gasteiger partial charge on any atom is 0.155 e. The van der Waals surface area contributed by atoms with E-state index in [0.29, 0.717) is 5.92 Å². The van der Waals surface area contributed by atoms with Gasteiger partial charge in [0.15, 0.2) is 5.82 Å². The molecule has 1 fully saturated rings. The Balaban J connectivity index is 1.70. The van der Waals surface area contributed by atoms with Gasteiger partial charge in [0.1, 0.15) is 5.82 Å². The molecule has 0 bridgehead atoms. The van der Waals surface area contributed by atoms with Crippen molar-refractivity contribution in [2.24, 2.45) is 0 Å². The van der Waals surface area contributed by atoms with Gasteiger partial charge >= 0.3 is 0 Å². The molecule has 2 aromatic rings. The molecule has 1 unspecified atom stereocenters. The van der Waals surface area contributed by atoms with Gasteiger partial charge in [-0.3, -0.25) is 5.10 Å². The summed E-state index contributed by atoms with van der Waals surface area (Å²) in [5.74, 6) is 2.36. The van der Waals surface area contributed by atoms with E-state index in [1.165, 1.54) is 18.4 Å². The number of halogens is 1. The standard InChI is InChI=1S/C14H17BrN4/c15-12-5-1-3-10(7-12)8-13-17-14(19-18-13)11-4-2-6-16-9-11/h1,3,5,7,11,16H,2,4,6,8-9H2,(H,17,18,19). The molecule has 1 aromatic heterocycles. The molecular weight excluding hydrogens is 304 g/mol. The van der Waals surface area contributed by atoms with Crippen molar-refractivity contribution >= 4 is 15.9 Å². The number of aromatic amines is 1. The summed E-state index contributed by atoms with van der Waals surface area (Å²) in [6.45, 7) is 2.11. The lowest BCUT2D eigenvalue weighted by molar-refractivity contribution is 0.447. The summed E-state index contributed by atoms with van der Waals surface area (Å²) in [6, 6.07) is 8.30. The Morgan fingerprint density at radius 1 is 1.37 bits per heavy atom. The van der Waals surface area contributed by atoms with E-state index in [0.717, 1.165) is 35.6 Å². The minimum Gasteiger partial charge on any atom is -0.316 e. The number of nitrogens with zero attached hydrogens (tertiary/aromatic N) is 2. The molecule has 0 saturated carbocycles. The lowest BCUT2D eigenvalue weighted by Crippen LogP contribution is -2.28. The van der Waals surface area contributed by atoms with Gasteiger partial charge in [-0.1, -0.05) is 28.1 Å². The van der Waals surface area contributed by atoms with Gasteiger partial charge in [-0.25, -0.2) is 4.98 Å². The van der Waals surface area contributed by atoms with Gasteiger partial charge in [0, 0.05) is 23.4 Å². The van der Waals surface area contributed by atoms with Gasteiger partial charge in [0.2, 0.25) is 0 Å². The first kappa shape index (κ1) is 12.8. The van der Waals surface area contributed by atoms with Crippen molar-refractivity contribution in [2.45, 2.75) is 25.2 Å². The molecule has 1 aliphatic rings. The molecule has 5 heteroatoms. The molecule has 2 heterocycles. The van der Waals surface area contributed by atoms with E-state index in [9.17, 15) is 0 Å². The minimum atomic E-state index is 0.459. The fourth-order valence-electron chi connectivity index (χ4n) is 2.48. The number of H-pyrrole nitrogens is 1. The molecule has 2 N–H and O–H groups in total. The molecule has 1 aliphatic heterocycles. The van der Waals surface area contributed by atoms with Crippen LogP contribution < -0.4 is 5.32 Å². The summed E-state index contributed by atoms with van der Waals surface area (Å²) in [4.78, 5) is 4.64. The van der Waals surface area contributed by atoms with Crippen molar-refractivity contribution in [3.8, 4) is 0 Å². The smallest absolute Gasteiger partial charge is 0.155 e. The summed E-state index contributed by atoms with van der Waals surface area (Å²) in [5.41, 5.74) is 1.24. The van der Waals surface area contributed by atoms with Crippen LogP contribution in [0.2, 0.25) is 0 Å². The molecule has 4 nitrogen and oxygen atoms in total. The van der Waals surface area contributed by atoms with Crippen LogP contribution >= 0.6 is 15.9 Å². The molecule has 1 aromatic carbocycles. The van der Waals surface area contributed by atoms with Crippen LogP contribution in [-0.4, -0.2) is 28.3 Å². The molecule has 0 aliphatic carbocycles. The van der Waals surface area contributed by atoms with Crippen LogP contribution in [0.15, 0.2) is 28.7 Å². The third-order valence-corrected chi connectivity index (χ3v) is 3.96. The second kappa shape index (κ2) is 5.84. The highest BCUT2D eigenvalue weighted by molar-refractivity contribution is 9.10. The Morgan fingerprint density at radius 3 is 3.11 bits per heavy atom. The number of hydrogen-bond acceptors (Lipinski definition) is 3. The normalized spacial score (nSPS) is 19.5.